The number of alkyl halides is 3. The Kier molecular flexibility index (Phi) is 5.42. The summed E-state index contributed by atoms with van der Waals surface area (Å²) >= 11 is 7.19. The van der Waals surface area contributed by atoms with Crippen LogP contribution in [0.25, 0.3) is 0 Å². The summed E-state index contributed by atoms with van der Waals surface area (Å²) in [6.07, 6.45) is -4.28. The van der Waals surface area contributed by atoms with Crippen molar-refractivity contribution in [1.82, 2.24) is 0 Å². The largest absolute Gasteiger partial charge is 0.411 e. The number of thioether (sulfide) groups is 1. The van der Waals surface area contributed by atoms with Gasteiger partial charge in [-0.25, -0.2) is 0 Å². The molecule has 0 bridgehead atoms. The van der Waals surface area contributed by atoms with E-state index in [4.69, 9.17) is 17.3 Å². The number of hydrogen-bond acceptors (Lipinski definition) is 3. The van der Waals surface area contributed by atoms with Gasteiger partial charge in [0.2, 0.25) is 0 Å². The summed E-state index contributed by atoms with van der Waals surface area (Å²) in [5.74, 6) is 0.388. The second-order valence-corrected chi connectivity index (χ2v) is 4.75. The van der Waals surface area contributed by atoms with Crippen LogP contribution in [0.15, 0.2) is 23.1 Å². The minimum Gasteiger partial charge on any atom is -0.399 e. The van der Waals surface area contributed by atoms with Gasteiger partial charge in [-0.3, -0.25) is 0 Å². The lowest BCUT2D eigenvalue weighted by molar-refractivity contribution is -0.172. The molecule has 1 aromatic carbocycles. The lowest BCUT2D eigenvalue weighted by Gasteiger charge is -2.08. The predicted octanol–water partition coefficient (Wildman–Crippen LogP) is 3.59. The Labute approximate surface area is 106 Å². The van der Waals surface area contributed by atoms with E-state index in [0.29, 0.717) is 16.5 Å². The predicted molar refractivity (Wildman–Crippen MR) is 63.5 cm³/mol. The molecule has 96 valence electrons. The van der Waals surface area contributed by atoms with Gasteiger partial charge in [-0.2, -0.15) is 13.2 Å². The van der Waals surface area contributed by atoms with E-state index in [1.54, 1.807) is 18.2 Å². The molecular formula is C10H11ClF3NOS. The molecule has 0 radical (unpaired) electrons. The highest BCUT2D eigenvalue weighted by Gasteiger charge is 2.27. The van der Waals surface area contributed by atoms with Gasteiger partial charge < -0.3 is 10.5 Å². The van der Waals surface area contributed by atoms with Crippen LogP contribution in [0.1, 0.15) is 0 Å². The molecule has 0 saturated heterocycles. The van der Waals surface area contributed by atoms with Crippen molar-refractivity contribution in [1.29, 1.82) is 0 Å². The summed E-state index contributed by atoms with van der Waals surface area (Å²) in [7, 11) is 0. The molecule has 0 unspecified atom stereocenters. The van der Waals surface area contributed by atoms with Crippen molar-refractivity contribution in [3.8, 4) is 0 Å². The van der Waals surface area contributed by atoms with Crippen LogP contribution >= 0.6 is 23.4 Å². The fourth-order valence-electron chi connectivity index (χ4n) is 1.03. The van der Waals surface area contributed by atoms with E-state index < -0.39 is 12.8 Å². The maximum Gasteiger partial charge on any atom is 0.411 e. The molecule has 0 aliphatic rings. The number of halogens is 4. The molecule has 0 fully saturated rings. The van der Waals surface area contributed by atoms with E-state index in [-0.39, 0.29) is 6.61 Å². The zero-order valence-electron chi connectivity index (χ0n) is 8.76. The van der Waals surface area contributed by atoms with Crippen LogP contribution in [0.5, 0.6) is 0 Å². The third-order valence-corrected chi connectivity index (χ3v) is 3.17. The molecule has 0 saturated carbocycles. The van der Waals surface area contributed by atoms with E-state index >= 15 is 0 Å². The topological polar surface area (TPSA) is 35.2 Å². The average Bonchev–Trinajstić information content (AvgIpc) is 2.21. The van der Waals surface area contributed by atoms with E-state index in [1.807, 2.05) is 0 Å². The zero-order chi connectivity index (χ0) is 12.9. The molecule has 0 atom stereocenters. The maximum absolute atomic E-state index is 11.8. The van der Waals surface area contributed by atoms with Gasteiger partial charge in [0.1, 0.15) is 6.61 Å². The quantitative estimate of drug-likeness (QED) is 0.510. The SMILES string of the molecule is Nc1ccc(Cl)c(SCCOCC(F)(F)F)c1. The Bertz CT molecular complexity index is 373. The highest BCUT2D eigenvalue weighted by molar-refractivity contribution is 7.99. The lowest BCUT2D eigenvalue weighted by atomic mass is 10.3. The number of nitrogen functional groups attached to an aromatic ring is 1. The molecule has 17 heavy (non-hydrogen) atoms. The van der Waals surface area contributed by atoms with Gasteiger partial charge in [0.25, 0.3) is 0 Å². The Hall–Kier alpha value is -0.590. The van der Waals surface area contributed by atoms with Crippen molar-refractivity contribution in [2.45, 2.75) is 11.1 Å². The summed E-state index contributed by atoms with van der Waals surface area (Å²) < 4.78 is 39.7. The molecule has 0 aliphatic carbocycles. The van der Waals surface area contributed by atoms with Crippen LogP contribution in [0.3, 0.4) is 0 Å². The number of benzene rings is 1. The number of ether oxygens (including phenoxy) is 1. The van der Waals surface area contributed by atoms with Crippen LogP contribution in [0.2, 0.25) is 5.02 Å². The van der Waals surface area contributed by atoms with E-state index in [1.165, 1.54) is 11.8 Å². The van der Waals surface area contributed by atoms with Crippen molar-refractivity contribution < 1.29 is 17.9 Å². The van der Waals surface area contributed by atoms with E-state index in [2.05, 4.69) is 4.74 Å². The third kappa shape index (κ3) is 6.05. The zero-order valence-corrected chi connectivity index (χ0v) is 10.3. The Morgan fingerprint density at radius 3 is 2.71 bits per heavy atom. The molecule has 0 amide bonds. The molecule has 1 rings (SSSR count). The van der Waals surface area contributed by atoms with E-state index in [9.17, 15) is 13.2 Å². The lowest BCUT2D eigenvalue weighted by Crippen LogP contribution is -2.17. The van der Waals surface area contributed by atoms with Crippen LogP contribution in [-0.4, -0.2) is 25.1 Å². The molecule has 2 nitrogen and oxygen atoms in total. The van der Waals surface area contributed by atoms with Gasteiger partial charge in [0, 0.05) is 16.3 Å². The van der Waals surface area contributed by atoms with Crippen LogP contribution in [-0.2, 0) is 4.74 Å². The number of rotatable bonds is 5. The molecular weight excluding hydrogens is 275 g/mol. The summed E-state index contributed by atoms with van der Waals surface area (Å²) in [5, 5.41) is 0.528. The normalized spacial score (nSPS) is 11.8. The van der Waals surface area contributed by atoms with Gasteiger partial charge in [0.15, 0.2) is 0 Å². The first kappa shape index (κ1) is 14.5. The fourth-order valence-corrected chi connectivity index (χ4v) is 2.16. The molecule has 2 N–H and O–H groups in total. The standard InChI is InChI=1S/C10H11ClF3NOS/c11-8-2-1-7(15)5-9(8)17-4-3-16-6-10(12,13)14/h1-2,5H,3-4,6,15H2. The first-order valence-electron chi connectivity index (χ1n) is 4.71. The Morgan fingerprint density at radius 1 is 1.35 bits per heavy atom. The molecule has 0 heterocycles. The number of anilines is 1. The third-order valence-electron chi connectivity index (χ3n) is 1.71. The van der Waals surface area contributed by atoms with Crippen LogP contribution in [0, 0.1) is 0 Å². The molecule has 7 heteroatoms. The minimum absolute atomic E-state index is 0.00923. The maximum atomic E-state index is 11.8. The average molecular weight is 286 g/mol. The monoisotopic (exact) mass is 285 g/mol. The van der Waals surface area contributed by atoms with Gasteiger partial charge in [-0.1, -0.05) is 11.6 Å². The van der Waals surface area contributed by atoms with Crippen molar-refractivity contribution in [3.05, 3.63) is 23.2 Å². The molecule has 0 aromatic heterocycles. The smallest absolute Gasteiger partial charge is 0.399 e. The summed E-state index contributed by atoms with van der Waals surface area (Å²) in [4.78, 5) is 0.738. The number of hydrogen-bond donors (Lipinski definition) is 1. The first-order chi connectivity index (χ1) is 7.88. The van der Waals surface area contributed by atoms with Gasteiger partial charge in [-0.05, 0) is 18.2 Å². The van der Waals surface area contributed by atoms with Crippen LogP contribution in [0.4, 0.5) is 18.9 Å². The number of nitrogens with two attached hydrogens (primary N) is 1. The minimum atomic E-state index is -4.28. The Morgan fingerprint density at radius 2 is 2.06 bits per heavy atom. The van der Waals surface area contributed by atoms with E-state index in [0.717, 1.165) is 4.90 Å². The summed E-state index contributed by atoms with van der Waals surface area (Å²) in [6.45, 7) is -1.21. The Balaban J connectivity index is 2.29. The van der Waals surface area contributed by atoms with Crippen LogP contribution < -0.4 is 5.73 Å². The van der Waals surface area contributed by atoms with Gasteiger partial charge in [-0.15, -0.1) is 11.8 Å². The molecule has 1 aromatic rings. The van der Waals surface area contributed by atoms with Gasteiger partial charge in [0.05, 0.1) is 11.6 Å². The van der Waals surface area contributed by atoms with Gasteiger partial charge >= 0.3 is 6.18 Å². The molecule has 0 spiro atoms. The highest BCUT2D eigenvalue weighted by Crippen LogP contribution is 2.28. The van der Waals surface area contributed by atoms with Crippen molar-refractivity contribution in [3.63, 3.8) is 0 Å². The fraction of sp³-hybridized carbons (Fsp3) is 0.400. The second kappa shape index (κ2) is 6.37. The highest BCUT2D eigenvalue weighted by atomic mass is 35.5. The molecule has 0 aliphatic heterocycles. The van der Waals surface area contributed by atoms with Crippen molar-refractivity contribution in [2.75, 3.05) is 24.7 Å². The second-order valence-electron chi connectivity index (χ2n) is 3.21. The van der Waals surface area contributed by atoms with Crippen molar-refractivity contribution >= 4 is 29.1 Å². The first-order valence-corrected chi connectivity index (χ1v) is 6.07. The van der Waals surface area contributed by atoms with Crippen molar-refractivity contribution in [2.24, 2.45) is 0 Å². The summed E-state index contributed by atoms with van der Waals surface area (Å²) in [6, 6.07) is 4.99. The summed E-state index contributed by atoms with van der Waals surface area (Å²) in [5.41, 5.74) is 6.13.